The van der Waals surface area contributed by atoms with Crippen LogP contribution in [0.3, 0.4) is 0 Å². The first-order chi connectivity index (χ1) is 8.34. The Morgan fingerprint density at radius 2 is 2.29 bits per heavy atom. The molecular formula is C13H24N2O2. The topological polar surface area (TPSA) is 50.4 Å². The first-order valence-corrected chi connectivity index (χ1v) is 6.92. The molecule has 2 aliphatic rings. The minimum atomic E-state index is 0.198. The molecule has 98 valence electrons. The minimum Gasteiger partial charge on any atom is -0.381 e. The van der Waals surface area contributed by atoms with E-state index in [1.165, 1.54) is 19.3 Å². The zero-order valence-corrected chi connectivity index (χ0v) is 10.5. The smallest absolute Gasteiger partial charge is 0.220 e. The Hall–Kier alpha value is -0.610. The quantitative estimate of drug-likeness (QED) is 0.755. The molecule has 0 radical (unpaired) electrons. The van der Waals surface area contributed by atoms with Crippen LogP contribution in [-0.4, -0.2) is 38.3 Å². The van der Waals surface area contributed by atoms with Crippen molar-refractivity contribution in [2.75, 3.05) is 26.3 Å². The molecular weight excluding hydrogens is 216 g/mol. The summed E-state index contributed by atoms with van der Waals surface area (Å²) in [5.74, 6) is 0.732. The van der Waals surface area contributed by atoms with Crippen LogP contribution in [0.2, 0.25) is 0 Å². The second-order valence-corrected chi connectivity index (χ2v) is 5.22. The lowest BCUT2D eigenvalue weighted by Crippen LogP contribution is -2.36. The zero-order valence-electron chi connectivity index (χ0n) is 10.5. The number of carbonyl (C=O) groups excluding carboxylic acids is 1. The number of carbonyl (C=O) groups is 1. The lowest BCUT2D eigenvalue weighted by Gasteiger charge is -2.23. The van der Waals surface area contributed by atoms with E-state index < -0.39 is 0 Å². The summed E-state index contributed by atoms with van der Waals surface area (Å²) >= 11 is 0. The fraction of sp³-hybridized carbons (Fsp3) is 0.923. The average Bonchev–Trinajstić information content (AvgIpc) is 2.88. The third-order valence-electron chi connectivity index (χ3n) is 3.74. The van der Waals surface area contributed by atoms with Crippen LogP contribution >= 0.6 is 0 Å². The molecule has 2 rings (SSSR count). The molecule has 0 aromatic rings. The van der Waals surface area contributed by atoms with Crippen LogP contribution < -0.4 is 10.6 Å². The van der Waals surface area contributed by atoms with Crippen molar-refractivity contribution in [3.63, 3.8) is 0 Å². The van der Waals surface area contributed by atoms with Gasteiger partial charge in [-0.05, 0) is 32.2 Å². The van der Waals surface area contributed by atoms with Gasteiger partial charge in [-0.25, -0.2) is 0 Å². The highest BCUT2D eigenvalue weighted by atomic mass is 16.5. The fourth-order valence-corrected chi connectivity index (χ4v) is 2.57. The molecule has 17 heavy (non-hydrogen) atoms. The molecule has 2 saturated heterocycles. The number of piperidine rings is 1. The molecule has 0 aromatic carbocycles. The van der Waals surface area contributed by atoms with Gasteiger partial charge in [0.05, 0.1) is 6.61 Å². The fourth-order valence-electron chi connectivity index (χ4n) is 2.57. The average molecular weight is 240 g/mol. The highest BCUT2D eigenvalue weighted by Gasteiger charge is 2.17. The Labute approximate surface area is 103 Å². The number of hydrogen-bond acceptors (Lipinski definition) is 3. The molecule has 2 aliphatic heterocycles. The standard InChI is InChI=1S/C13H24N2O2/c16-13(15-9-11-6-8-17-10-11)5-4-12-3-1-2-7-14-12/h11-12,14H,1-10H2,(H,15,16). The van der Waals surface area contributed by atoms with E-state index in [2.05, 4.69) is 10.6 Å². The monoisotopic (exact) mass is 240 g/mol. The lowest BCUT2D eigenvalue weighted by atomic mass is 10.0. The van der Waals surface area contributed by atoms with Gasteiger partial charge < -0.3 is 15.4 Å². The highest BCUT2D eigenvalue weighted by Crippen LogP contribution is 2.12. The Balaban J connectivity index is 1.53. The van der Waals surface area contributed by atoms with Crippen LogP contribution in [0.1, 0.15) is 38.5 Å². The van der Waals surface area contributed by atoms with E-state index >= 15 is 0 Å². The van der Waals surface area contributed by atoms with Gasteiger partial charge in [0, 0.05) is 31.5 Å². The van der Waals surface area contributed by atoms with Crippen LogP contribution in [0.5, 0.6) is 0 Å². The predicted molar refractivity (Wildman–Crippen MR) is 66.8 cm³/mol. The van der Waals surface area contributed by atoms with E-state index in [1.54, 1.807) is 0 Å². The second-order valence-electron chi connectivity index (χ2n) is 5.22. The van der Waals surface area contributed by atoms with Gasteiger partial charge in [-0.2, -0.15) is 0 Å². The third-order valence-corrected chi connectivity index (χ3v) is 3.74. The molecule has 0 aromatic heterocycles. The molecule has 0 saturated carbocycles. The van der Waals surface area contributed by atoms with Crippen molar-refractivity contribution >= 4 is 5.91 Å². The van der Waals surface area contributed by atoms with Crippen LogP contribution in [0.4, 0.5) is 0 Å². The van der Waals surface area contributed by atoms with Crippen molar-refractivity contribution in [3.05, 3.63) is 0 Å². The van der Waals surface area contributed by atoms with Gasteiger partial charge in [-0.3, -0.25) is 4.79 Å². The van der Waals surface area contributed by atoms with E-state index in [4.69, 9.17) is 4.74 Å². The third kappa shape index (κ3) is 4.64. The Morgan fingerprint density at radius 3 is 3.00 bits per heavy atom. The van der Waals surface area contributed by atoms with E-state index in [-0.39, 0.29) is 5.91 Å². The molecule has 4 heteroatoms. The Bertz CT molecular complexity index is 234. The summed E-state index contributed by atoms with van der Waals surface area (Å²) in [6, 6.07) is 0.560. The first kappa shape index (κ1) is 12.8. The molecule has 4 nitrogen and oxygen atoms in total. The first-order valence-electron chi connectivity index (χ1n) is 6.92. The number of ether oxygens (including phenoxy) is 1. The van der Waals surface area contributed by atoms with Crippen LogP contribution in [0.15, 0.2) is 0 Å². The molecule has 2 atom stereocenters. The normalized spacial score (nSPS) is 29.2. The summed E-state index contributed by atoms with van der Waals surface area (Å²) in [6.07, 6.45) is 6.54. The lowest BCUT2D eigenvalue weighted by molar-refractivity contribution is -0.121. The van der Waals surface area contributed by atoms with E-state index in [0.29, 0.717) is 18.4 Å². The zero-order chi connectivity index (χ0) is 11.9. The van der Waals surface area contributed by atoms with Crippen molar-refractivity contribution in [1.29, 1.82) is 0 Å². The number of amides is 1. The predicted octanol–water partition coefficient (Wildman–Crippen LogP) is 1.06. The molecule has 2 heterocycles. The molecule has 0 aliphatic carbocycles. The van der Waals surface area contributed by atoms with E-state index in [1.807, 2.05) is 0 Å². The summed E-state index contributed by atoms with van der Waals surface area (Å²) in [7, 11) is 0. The summed E-state index contributed by atoms with van der Waals surface area (Å²) < 4.78 is 5.28. The van der Waals surface area contributed by atoms with E-state index in [0.717, 1.165) is 39.1 Å². The largest absolute Gasteiger partial charge is 0.381 e. The van der Waals surface area contributed by atoms with Gasteiger partial charge >= 0.3 is 0 Å². The van der Waals surface area contributed by atoms with Crippen molar-refractivity contribution in [2.45, 2.75) is 44.6 Å². The minimum absolute atomic E-state index is 0.198. The summed E-state index contributed by atoms with van der Waals surface area (Å²) in [5, 5.41) is 6.49. The molecule has 0 bridgehead atoms. The molecule has 1 amide bonds. The van der Waals surface area contributed by atoms with Crippen molar-refractivity contribution < 1.29 is 9.53 Å². The summed E-state index contributed by atoms with van der Waals surface area (Å²) in [6.45, 7) is 3.57. The van der Waals surface area contributed by atoms with Gasteiger partial charge in [0.15, 0.2) is 0 Å². The second kappa shape index (κ2) is 6.97. The SMILES string of the molecule is O=C(CCC1CCCCN1)NCC1CCOC1. The maximum atomic E-state index is 11.7. The van der Waals surface area contributed by atoms with Crippen molar-refractivity contribution in [1.82, 2.24) is 10.6 Å². The molecule has 2 fully saturated rings. The van der Waals surface area contributed by atoms with Gasteiger partial charge in [-0.1, -0.05) is 6.42 Å². The van der Waals surface area contributed by atoms with Crippen LogP contribution in [0.25, 0.3) is 0 Å². The number of nitrogens with one attached hydrogen (secondary N) is 2. The van der Waals surface area contributed by atoms with Gasteiger partial charge in [0.2, 0.25) is 5.91 Å². The number of hydrogen-bond donors (Lipinski definition) is 2. The van der Waals surface area contributed by atoms with Crippen molar-refractivity contribution in [2.24, 2.45) is 5.92 Å². The molecule has 2 N–H and O–H groups in total. The van der Waals surface area contributed by atoms with Gasteiger partial charge in [0.1, 0.15) is 0 Å². The van der Waals surface area contributed by atoms with Crippen LogP contribution in [0, 0.1) is 5.92 Å². The maximum Gasteiger partial charge on any atom is 0.220 e. The Kier molecular flexibility index (Phi) is 5.26. The Morgan fingerprint density at radius 1 is 1.35 bits per heavy atom. The van der Waals surface area contributed by atoms with Crippen molar-refractivity contribution in [3.8, 4) is 0 Å². The van der Waals surface area contributed by atoms with Gasteiger partial charge in [0.25, 0.3) is 0 Å². The molecule has 0 spiro atoms. The summed E-state index contributed by atoms with van der Waals surface area (Å²) in [5.41, 5.74) is 0. The van der Waals surface area contributed by atoms with E-state index in [9.17, 15) is 4.79 Å². The van der Waals surface area contributed by atoms with Crippen LogP contribution in [-0.2, 0) is 9.53 Å². The highest BCUT2D eigenvalue weighted by molar-refractivity contribution is 5.75. The molecule has 2 unspecified atom stereocenters. The van der Waals surface area contributed by atoms with Gasteiger partial charge in [-0.15, -0.1) is 0 Å². The summed E-state index contributed by atoms with van der Waals surface area (Å²) in [4.78, 5) is 11.7. The number of rotatable bonds is 5. The maximum absolute atomic E-state index is 11.7.